The number of halogens is 4. The third-order valence-corrected chi connectivity index (χ3v) is 3.96. The van der Waals surface area contributed by atoms with Gasteiger partial charge in [-0.1, -0.05) is 22.0 Å². The van der Waals surface area contributed by atoms with Crippen LogP contribution in [0.4, 0.5) is 8.78 Å². The average molecular weight is 391 g/mol. The number of hydrogen-bond acceptors (Lipinski definition) is 1. The van der Waals surface area contributed by atoms with Gasteiger partial charge in [0.15, 0.2) is 0 Å². The van der Waals surface area contributed by atoms with Crippen LogP contribution in [-0.2, 0) is 6.42 Å². The Kier molecular flexibility index (Phi) is 4.71. The first-order valence-electron chi connectivity index (χ1n) is 5.62. The van der Waals surface area contributed by atoms with Crippen LogP contribution >= 0.6 is 31.9 Å². The van der Waals surface area contributed by atoms with Gasteiger partial charge in [0.2, 0.25) is 0 Å². The van der Waals surface area contributed by atoms with E-state index in [1.54, 1.807) is 24.3 Å². The lowest BCUT2D eigenvalue weighted by Gasteiger charge is -2.13. The summed E-state index contributed by atoms with van der Waals surface area (Å²) in [5, 5.41) is 0. The van der Waals surface area contributed by atoms with E-state index in [2.05, 4.69) is 31.9 Å². The quantitative estimate of drug-likeness (QED) is 0.805. The van der Waals surface area contributed by atoms with Crippen LogP contribution in [0.2, 0.25) is 0 Å². The summed E-state index contributed by atoms with van der Waals surface area (Å²) in [7, 11) is 0. The van der Waals surface area contributed by atoms with Crippen molar-refractivity contribution in [1.29, 1.82) is 0 Å². The topological polar surface area (TPSA) is 26.0 Å². The zero-order chi connectivity index (χ0) is 14.0. The maximum atomic E-state index is 13.6. The van der Waals surface area contributed by atoms with Crippen molar-refractivity contribution in [1.82, 2.24) is 0 Å². The molecule has 5 heteroatoms. The molecular formula is C14H11Br2F2N. The van der Waals surface area contributed by atoms with Crippen LogP contribution in [0.3, 0.4) is 0 Å². The molecule has 2 aromatic carbocycles. The molecule has 0 fully saturated rings. The molecule has 0 aromatic heterocycles. The van der Waals surface area contributed by atoms with Gasteiger partial charge in [0.25, 0.3) is 0 Å². The summed E-state index contributed by atoms with van der Waals surface area (Å²) in [6, 6.07) is 8.94. The lowest BCUT2D eigenvalue weighted by molar-refractivity contribution is 0.588. The van der Waals surface area contributed by atoms with Gasteiger partial charge >= 0.3 is 0 Å². The molecule has 0 saturated heterocycles. The van der Waals surface area contributed by atoms with E-state index in [4.69, 9.17) is 5.73 Å². The highest BCUT2D eigenvalue weighted by Gasteiger charge is 2.12. The lowest BCUT2D eigenvalue weighted by Crippen LogP contribution is -2.14. The van der Waals surface area contributed by atoms with Crippen molar-refractivity contribution in [2.24, 2.45) is 5.73 Å². The first-order valence-corrected chi connectivity index (χ1v) is 7.20. The largest absolute Gasteiger partial charge is 0.324 e. The summed E-state index contributed by atoms with van der Waals surface area (Å²) in [4.78, 5) is 0. The summed E-state index contributed by atoms with van der Waals surface area (Å²) < 4.78 is 28.2. The second kappa shape index (κ2) is 6.11. The first kappa shape index (κ1) is 14.6. The Labute approximate surface area is 127 Å². The second-order valence-corrected chi connectivity index (χ2v) is 5.99. The Balaban J connectivity index is 2.22. The van der Waals surface area contributed by atoms with E-state index in [0.717, 1.165) is 4.47 Å². The van der Waals surface area contributed by atoms with Crippen molar-refractivity contribution in [3.8, 4) is 0 Å². The van der Waals surface area contributed by atoms with E-state index in [9.17, 15) is 8.78 Å². The molecule has 0 aliphatic rings. The lowest BCUT2D eigenvalue weighted by atomic mass is 9.99. The minimum atomic E-state index is -0.452. The van der Waals surface area contributed by atoms with E-state index >= 15 is 0 Å². The highest BCUT2D eigenvalue weighted by atomic mass is 79.9. The van der Waals surface area contributed by atoms with Gasteiger partial charge in [-0.05, 0) is 63.8 Å². The fourth-order valence-electron chi connectivity index (χ4n) is 1.80. The summed E-state index contributed by atoms with van der Waals surface area (Å²) >= 11 is 6.37. The Morgan fingerprint density at radius 1 is 1.00 bits per heavy atom. The van der Waals surface area contributed by atoms with Crippen molar-refractivity contribution in [2.75, 3.05) is 0 Å². The molecule has 0 bridgehead atoms. The van der Waals surface area contributed by atoms with Crippen LogP contribution in [0.15, 0.2) is 45.3 Å². The Hall–Kier alpha value is -0.780. The number of hydrogen-bond donors (Lipinski definition) is 1. The molecule has 1 nitrogen and oxygen atoms in total. The zero-order valence-corrected chi connectivity index (χ0v) is 13.0. The maximum Gasteiger partial charge on any atom is 0.137 e. The van der Waals surface area contributed by atoms with Crippen molar-refractivity contribution in [3.05, 3.63) is 68.1 Å². The summed E-state index contributed by atoms with van der Waals surface area (Å²) in [6.45, 7) is 0. The fraction of sp³-hybridized carbons (Fsp3) is 0.143. The molecule has 0 heterocycles. The van der Waals surface area contributed by atoms with Gasteiger partial charge in [-0.25, -0.2) is 8.78 Å². The normalized spacial score (nSPS) is 12.5. The molecule has 1 unspecified atom stereocenters. The van der Waals surface area contributed by atoms with Gasteiger partial charge < -0.3 is 5.73 Å². The van der Waals surface area contributed by atoms with Crippen LogP contribution in [0.1, 0.15) is 17.2 Å². The van der Waals surface area contributed by atoms with E-state index in [-0.39, 0.29) is 11.6 Å². The highest BCUT2D eigenvalue weighted by Crippen LogP contribution is 2.24. The van der Waals surface area contributed by atoms with Gasteiger partial charge in [-0.3, -0.25) is 0 Å². The van der Waals surface area contributed by atoms with Crippen molar-refractivity contribution >= 4 is 31.9 Å². The maximum absolute atomic E-state index is 13.6. The molecule has 0 saturated carbocycles. The standard InChI is InChI=1S/C14H11Br2F2N/c15-10-2-4-12(17)9(5-10)7-14(19)8-1-3-11(16)13(18)6-8/h1-6,14H,7,19H2. The van der Waals surface area contributed by atoms with Crippen LogP contribution in [0, 0.1) is 11.6 Å². The summed E-state index contributed by atoms with van der Waals surface area (Å²) in [6.07, 6.45) is 0.312. The van der Waals surface area contributed by atoms with Crippen LogP contribution in [0.5, 0.6) is 0 Å². The molecule has 19 heavy (non-hydrogen) atoms. The van der Waals surface area contributed by atoms with Gasteiger partial charge in [-0.15, -0.1) is 0 Å². The molecule has 100 valence electrons. The molecule has 0 radical (unpaired) electrons. The summed E-state index contributed by atoms with van der Waals surface area (Å²) in [5.74, 6) is -0.682. The molecule has 1 atom stereocenters. The second-order valence-electron chi connectivity index (χ2n) is 4.22. The van der Waals surface area contributed by atoms with Crippen LogP contribution in [0.25, 0.3) is 0 Å². The van der Waals surface area contributed by atoms with Crippen LogP contribution < -0.4 is 5.73 Å². The molecular weight excluding hydrogens is 380 g/mol. The molecule has 2 N–H and O–H groups in total. The van der Waals surface area contributed by atoms with Gasteiger partial charge in [-0.2, -0.15) is 0 Å². The van der Waals surface area contributed by atoms with Crippen molar-refractivity contribution in [2.45, 2.75) is 12.5 Å². The van der Waals surface area contributed by atoms with Gasteiger partial charge in [0, 0.05) is 10.5 Å². The van der Waals surface area contributed by atoms with Gasteiger partial charge in [0.1, 0.15) is 11.6 Å². The Bertz CT molecular complexity index is 602. The minimum Gasteiger partial charge on any atom is -0.324 e. The van der Waals surface area contributed by atoms with E-state index in [0.29, 0.717) is 22.0 Å². The minimum absolute atomic E-state index is 0.309. The third kappa shape index (κ3) is 3.61. The Morgan fingerprint density at radius 2 is 1.74 bits per heavy atom. The van der Waals surface area contributed by atoms with Crippen LogP contribution in [-0.4, -0.2) is 0 Å². The average Bonchev–Trinajstić information content (AvgIpc) is 2.37. The fourth-order valence-corrected chi connectivity index (χ4v) is 2.45. The number of rotatable bonds is 3. The van der Waals surface area contributed by atoms with E-state index < -0.39 is 6.04 Å². The Morgan fingerprint density at radius 3 is 2.42 bits per heavy atom. The number of benzene rings is 2. The third-order valence-electron chi connectivity index (χ3n) is 2.82. The molecule has 0 amide bonds. The first-order chi connectivity index (χ1) is 8.97. The SMILES string of the molecule is NC(Cc1cc(Br)ccc1F)c1ccc(Br)c(F)c1. The number of nitrogens with two attached hydrogens (primary N) is 1. The zero-order valence-electron chi connectivity index (χ0n) is 9.84. The molecule has 0 aliphatic carbocycles. The molecule has 2 rings (SSSR count). The van der Waals surface area contributed by atoms with Gasteiger partial charge in [0.05, 0.1) is 4.47 Å². The van der Waals surface area contributed by atoms with E-state index in [1.807, 2.05) is 0 Å². The van der Waals surface area contributed by atoms with Crippen molar-refractivity contribution in [3.63, 3.8) is 0 Å². The van der Waals surface area contributed by atoms with Crippen molar-refractivity contribution < 1.29 is 8.78 Å². The highest BCUT2D eigenvalue weighted by molar-refractivity contribution is 9.10. The van der Waals surface area contributed by atoms with E-state index in [1.165, 1.54) is 12.1 Å². The predicted molar refractivity (Wildman–Crippen MR) is 78.8 cm³/mol. The molecule has 0 spiro atoms. The summed E-state index contributed by atoms with van der Waals surface area (Å²) in [5.41, 5.74) is 7.14. The smallest absolute Gasteiger partial charge is 0.137 e. The molecule has 2 aromatic rings. The predicted octanol–water partition coefficient (Wildman–Crippen LogP) is 4.73. The molecule has 0 aliphatic heterocycles. The monoisotopic (exact) mass is 389 g/mol.